The molecule has 1 fully saturated rings. The van der Waals surface area contributed by atoms with Crippen molar-refractivity contribution in [2.45, 2.75) is 38.9 Å². The standard InChI is InChI=1S/C23H29N5/c1-2-27-15-5-8-22(27)18-26(17-20-7-3-4-12-25-20)19-23-9-6-16-28(23)21-10-13-24-14-11-21/h3-4,6-7,9-14,16,22H,2,5,8,15,17-19H2,1H3. The van der Waals surface area contributed by atoms with Crippen molar-refractivity contribution in [3.63, 3.8) is 0 Å². The first-order valence-corrected chi connectivity index (χ1v) is 10.3. The average molecular weight is 376 g/mol. The lowest BCUT2D eigenvalue weighted by Gasteiger charge is -2.30. The summed E-state index contributed by atoms with van der Waals surface area (Å²) in [7, 11) is 0. The van der Waals surface area contributed by atoms with E-state index in [9.17, 15) is 0 Å². The molecule has 0 bridgehead atoms. The van der Waals surface area contributed by atoms with Crippen molar-refractivity contribution >= 4 is 0 Å². The fourth-order valence-corrected chi connectivity index (χ4v) is 4.25. The Hall–Kier alpha value is -2.50. The van der Waals surface area contributed by atoms with Crippen molar-refractivity contribution < 1.29 is 0 Å². The van der Waals surface area contributed by atoms with Crippen LogP contribution < -0.4 is 0 Å². The minimum Gasteiger partial charge on any atom is -0.319 e. The van der Waals surface area contributed by atoms with E-state index in [0.29, 0.717) is 6.04 Å². The van der Waals surface area contributed by atoms with Crippen LogP contribution in [-0.2, 0) is 13.1 Å². The van der Waals surface area contributed by atoms with Crippen LogP contribution in [0.3, 0.4) is 0 Å². The average Bonchev–Trinajstić information content (AvgIpc) is 3.38. The number of nitrogens with zero attached hydrogens (tertiary/aromatic N) is 5. The second kappa shape index (κ2) is 9.13. The van der Waals surface area contributed by atoms with E-state index < -0.39 is 0 Å². The molecule has 146 valence electrons. The Labute approximate surface area is 167 Å². The number of hydrogen-bond donors (Lipinski definition) is 0. The van der Waals surface area contributed by atoms with Crippen LogP contribution in [0.25, 0.3) is 5.69 Å². The molecule has 0 spiro atoms. The van der Waals surface area contributed by atoms with Crippen molar-refractivity contribution in [2.24, 2.45) is 0 Å². The first-order chi connectivity index (χ1) is 13.8. The molecule has 1 unspecified atom stereocenters. The molecule has 5 nitrogen and oxygen atoms in total. The van der Waals surface area contributed by atoms with Gasteiger partial charge >= 0.3 is 0 Å². The maximum absolute atomic E-state index is 4.57. The smallest absolute Gasteiger partial charge is 0.0544 e. The number of pyridine rings is 2. The Balaban J connectivity index is 1.55. The molecule has 0 aliphatic carbocycles. The monoisotopic (exact) mass is 375 g/mol. The van der Waals surface area contributed by atoms with E-state index in [0.717, 1.165) is 37.6 Å². The summed E-state index contributed by atoms with van der Waals surface area (Å²) in [5.41, 5.74) is 3.58. The lowest BCUT2D eigenvalue weighted by Crippen LogP contribution is -2.40. The molecule has 5 heteroatoms. The molecule has 4 rings (SSSR count). The fourth-order valence-electron chi connectivity index (χ4n) is 4.25. The van der Waals surface area contributed by atoms with E-state index in [1.165, 1.54) is 25.1 Å². The maximum Gasteiger partial charge on any atom is 0.0544 e. The molecule has 1 saturated heterocycles. The molecule has 28 heavy (non-hydrogen) atoms. The van der Waals surface area contributed by atoms with E-state index >= 15 is 0 Å². The molecule has 0 N–H and O–H groups in total. The molecule has 1 aliphatic rings. The fraction of sp³-hybridized carbons (Fsp3) is 0.391. The van der Waals surface area contributed by atoms with Crippen LogP contribution in [0.4, 0.5) is 0 Å². The summed E-state index contributed by atoms with van der Waals surface area (Å²) in [5, 5.41) is 0. The Morgan fingerprint density at radius 1 is 1.04 bits per heavy atom. The second-order valence-electron chi connectivity index (χ2n) is 7.49. The highest BCUT2D eigenvalue weighted by Crippen LogP contribution is 2.21. The van der Waals surface area contributed by atoms with Crippen LogP contribution in [0, 0.1) is 0 Å². The molecule has 4 heterocycles. The largest absolute Gasteiger partial charge is 0.319 e. The molecule has 0 saturated carbocycles. The predicted octanol–water partition coefficient (Wildman–Crippen LogP) is 3.75. The molecule has 3 aromatic rings. The molecule has 0 radical (unpaired) electrons. The minimum atomic E-state index is 0.637. The van der Waals surface area contributed by atoms with Crippen molar-refractivity contribution in [3.05, 3.63) is 78.6 Å². The van der Waals surface area contributed by atoms with Gasteiger partial charge < -0.3 is 4.57 Å². The summed E-state index contributed by atoms with van der Waals surface area (Å²) in [5.74, 6) is 0. The number of likely N-dealkylation sites (N-methyl/N-ethyl adjacent to an activating group) is 1. The van der Waals surface area contributed by atoms with Crippen LogP contribution in [0.2, 0.25) is 0 Å². The quantitative estimate of drug-likeness (QED) is 0.601. The third-order valence-corrected chi connectivity index (χ3v) is 5.65. The highest BCUT2D eigenvalue weighted by atomic mass is 15.2. The maximum atomic E-state index is 4.57. The third kappa shape index (κ3) is 4.49. The third-order valence-electron chi connectivity index (χ3n) is 5.65. The first kappa shape index (κ1) is 18.8. The Morgan fingerprint density at radius 3 is 2.71 bits per heavy atom. The molecule has 1 atom stereocenters. The molecule has 1 aliphatic heterocycles. The van der Waals surface area contributed by atoms with Crippen LogP contribution >= 0.6 is 0 Å². The molecular weight excluding hydrogens is 346 g/mol. The number of likely N-dealkylation sites (tertiary alicyclic amines) is 1. The summed E-state index contributed by atoms with van der Waals surface area (Å²) in [4.78, 5) is 13.9. The Kier molecular flexibility index (Phi) is 6.14. The molecular formula is C23H29N5. The van der Waals surface area contributed by atoms with Gasteiger partial charge in [-0.25, -0.2) is 0 Å². The number of aromatic nitrogens is 3. The molecule has 0 amide bonds. The molecule has 0 aromatic carbocycles. The van der Waals surface area contributed by atoms with Gasteiger partial charge in [0.2, 0.25) is 0 Å². The predicted molar refractivity (Wildman–Crippen MR) is 112 cm³/mol. The van der Waals surface area contributed by atoms with E-state index in [1.54, 1.807) is 0 Å². The SMILES string of the molecule is CCN1CCCC1CN(Cc1ccccn1)Cc1cccn1-c1ccncc1. The van der Waals surface area contributed by atoms with Gasteiger partial charge in [0.15, 0.2) is 0 Å². The highest BCUT2D eigenvalue weighted by molar-refractivity contribution is 5.32. The van der Waals surface area contributed by atoms with Gasteiger partial charge in [-0.05, 0) is 62.3 Å². The van der Waals surface area contributed by atoms with Gasteiger partial charge in [-0.3, -0.25) is 19.8 Å². The first-order valence-electron chi connectivity index (χ1n) is 10.3. The molecule has 3 aromatic heterocycles. The van der Waals surface area contributed by atoms with Crippen molar-refractivity contribution in [1.29, 1.82) is 0 Å². The van der Waals surface area contributed by atoms with Crippen LogP contribution in [-0.4, -0.2) is 50.0 Å². The van der Waals surface area contributed by atoms with E-state index in [1.807, 2.05) is 24.7 Å². The van der Waals surface area contributed by atoms with Crippen LogP contribution in [0.15, 0.2) is 67.3 Å². The lowest BCUT2D eigenvalue weighted by atomic mass is 10.2. The van der Waals surface area contributed by atoms with Crippen molar-refractivity contribution in [1.82, 2.24) is 24.3 Å². The Morgan fingerprint density at radius 2 is 1.93 bits per heavy atom. The van der Waals surface area contributed by atoms with Gasteiger partial charge in [-0.15, -0.1) is 0 Å². The lowest BCUT2D eigenvalue weighted by molar-refractivity contribution is 0.163. The van der Waals surface area contributed by atoms with E-state index in [-0.39, 0.29) is 0 Å². The summed E-state index contributed by atoms with van der Waals surface area (Å²) in [6.45, 7) is 7.49. The zero-order valence-corrected chi connectivity index (χ0v) is 16.6. The van der Waals surface area contributed by atoms with Gasteiger partial charge in [-0.1, -0.05) is 13.0 Å². The Bertz CT molecular complexity index is 846. The van der Waals surface area contributed by atoms with E-state index in [2.05, 4.69) is 73.9 Å². The normalized spacial score (nSPS) is 17.4. The van der Waals surface area contributed by atoms with E-state index in [4.69, 9.17) is 0 Å². The van der Waals surface area contributed by atoms with Gasteiger partial charge in [-0.2, -0.15) is 0 Å². The van der Waals surface area contributed by atoms with Crippen molar-refractivity contribution in [3.8, 4) is 5.69 Å². The van der Waals surface area contributed by atoms with Gasteiger partial charge in [0.05, 0.1) is 5.69 Å². The van der Waals surface area contributed by atoms with Gasteiger partial charge in [0.25, 0.3) is 0 Å². The van der Waals surface area contributed by atoms with Gasteiger partial charge in [0.1, 0.15) is 0 Å². The van der Waals surface area contributed by atoms with Crippen LogP contribution in [0.1, 0.15) is 31.2 Å². The number of rotatable bonds is 8. The van der Waals surface area contributed by atoms with Gasteiger partial charge in [0, 0.05) is 61.8 Å². The zero-order chi connectivity index (χ0) is 19.2. The topological polar surface area (TPSA) is 37.2 Å². The zero-order valence-electron chi connectivity index (χ0n) is 16.6. The minimum absolute atomic E-state index is 0.637. The number of hydrogen-bond acceptors (Lipinski definition) is 4. The second-order valence-corrected chi connectivity index (χ2v) is 7.49. The summed E-state index contributed by atoms with van der Waals surface area (Å²) in [6, 6.07) is 15.3. The van der Waals surface area contributed by atoms with Crippen LogP contribution in [0.5, 0.6) is 0 Å². The highest BCUT2D eigenvalue weighted by Gasteiger charge is 2.25. The summed E-state index contributed by atoms with van der Waals surface area (Å²) >= 11 is 0. The summed E-state index contributed by atoms with van der Waals surface area (Å²) in [6.07, 6.45) is 10.3. The summed E-state index contributed by atoms with van der Waals surface area (Å²) < 4.78 is 2.26. The van der Waals surface area contributed by atoms with Crippen molar-refractivity contribution in [2.75, 3.05) is 19.6 Å².